The summed E-state index contributed by atoms with van der Waals surface area (Å²) < 4.78 is 6.52. The van der Waals surface area contributed by atoms with Gasteiger partial charge in [0.15, 0.2) is 0 Å². The highest BCUT2D eigenvalue weighted by molar-refractivity contribution is 6.97. The first-order valence-corrected chi connectivity index (χ1v) is 8.01. The van der Waals surface area contributed by atoms with Crippen molar-refractivity contribution >= 4 is 23.2 Å². The van der Waals surface area contributed by atoms with Crippen LogP contribution in [0.15, 0.2) is 65.6 Å². The summed E-state index contributed by atoms with van der Waals surface area (Å²) in [5, 5.41) is 3.35. The molecule has 0 unspecified atom stereocenters. The van der Waals surface area contributed by atoms with Crippen LogP contribution in [-0.4, -0.2) is 18.5 Å². The Bertz CT molecular complexity index is 603. The van der Waals surface area contributed by atoms with Gasteiger partial charge in [0.1, 0.15) is 0 Å². The second-order valence-electron chi connectivity index (χ2n) is 5.84. The summed E-state index contributed by atoms with van der Waals surface area (Å²) in [6, 6.07) is 20.7. The topological polar surface area (TPSA) is 33.6 Å². The second kappa shape index (κ2) is 6.36. The quantitative estimate of drug-likeness (QED) is 0.878. The van der Waals surface area contributed by atoms with E-state index in [0.717, 1.165) is 29.6 Å². The molecule has 2 aromatic rings. The summed E-state index contributed by atoms with van der Waals surface area (Å²) in [5.74, 6) is 0.942. The van der Waals surface area contributed by atoms with Gasteiger partial charge >= 0.3 is 0 Å². The van der Waals surface area contributed by atoms with Crippen LogP contribution < -0.4 is 16.2 Å². The van der Waals surface area contributed by atoms with Crippen molar-refractivity contribution in [2.75, 3.05) is 0 Å². The molecular weight excluding hydrogens is 271 g/mol. The largest absolute Gasteiger partial charge is 0.547 e. The Morgan fingerprint density at radius 2 is 1.55 bits per heavy atom. The lowest BCUT2D eigenvalue weighted by atomic mass is 9.42. The number of hydrogen-bond acceptors (Lipinski definition) is 3. The van der Waals surface area contributed by atoms with E-state index in [-0.39, 0.29) is 6.23 Å². The van der Waals surface area contributed by atoms with Crippen molar-refractivity contribution in [2.24, 2.45) is 4.90 Å². The summed E-state index contributed by atoms with van der Waals surface area (Å²) in [6.07, 6.45) is 2.04. The molecule has 0 saturated carbocycles. The van der Waals surface area contributed by atoms with Gasteiger partial charge in [-0.1, -0.05) is 74.0 Å². The average molecular weight is 293 g/mol. The first kappa shape index (κ1) is 14.9. The van der Waals surface area contributed by atoms with Gasteiger partial charge in [-0.3, -0.25) is 0 Å². The maximum absolute atomic E-state index is 6.52. The van der Waals surface area contributed by atoms with E-state index in [2.05, 4.69) is 36.5 Å². The Kier molecular flexibility index (Phi) is 4.30. The van der Waals surface area contributed by atoms with Gasteiger partial charge in [0.05, 0.1) is 12.1 Å². The third-order valence-electron chi connectivity index (χ3n) is 4.16. The predicted molar refractivity (Wildman–Crippen MR) is 93.9 cm³/mol. The minimum absolute atomic E-state index is 0.00270. The molecular formula is C18H22BN2O-. The third-order valence-corrected chi connectivity index (χ3v) is 4.16. The summed E-state index contributed by atoms with van der Waals surface area (Å²) >= 11 is 0. The first-order valence-electron chi connectivity index (χ1n) is 8.01. The number of nitrogens with one attached hydrogen (secondary N) is 1. The van der Waals surface area contributed by atoms with E-state index < -0.39 is 6.48 Å². The highest BCUT2D eigenvalue weighted by Gasteiger charge is 2.34. The molecule has 0 fully saturated rings. The van der Waals surface area contributed by atoms with Crippen molar-refractivity contribution in [1.82, 2.24) is 5.32 Å². The smallest absolute Gasteiger partial charge is 0.285 e. The average Bonchev–Trinajstić information content (AvgIpc) is 2.56. The zero-order valence-corrected chi connectivity index (χ0v) is 13.2. The molecule has 3 nitrogen and oxygen atoms in total. The van der Waals surface area contributed by atoms with Gasteiger partial charge in [-0.05, 0) is 13.3 Å². The van der Waals surface area contributed by atoms with E-state index >= 15 is 0 Å². The Morgan fingerprint density at radius 1 is 1.00 bits per heavy atom. The number of amidine groups is 1. The molecule has 0 bridgehead atoms. The molecule has 1 aliphatic rings. The van der Waals surface area contributed by atoms with Crippen LogP contribution in [0.25, 0.3) is 0 Å². The van der Waals surface area contributed by atoms with E-state index in [1.807, 2.05) is 43.3 Å². The molecule has 114 valence electrons. The van der Waals surface area contributed by atoms with Gasteiger partial charge in [0.25, 0.3) is 6.48 Å². The van der Waals surface area contributed by atoms with Crippen molar-refractivity contribution in [1.29, 1.82) is 0 Å². The van der Waals surface area contributed by atoms with Crippen molar-refractivity contribution in [3.63, 3.8) is 0 Å². The summed E-state index contributed by atoms with van der Waals surface area (Å²) in [7, 11) is 0. The van der Waals surface area contributed by atoms with Crippen molar-refractivity contribution in [2.45, 2.75) is 32.9 Å². The standard InChI is InChI=1S/C18H22BN2O/c1-3-10-18-20-15(2)21-19(22-18,16-11-6-4-7-12-16)17-13-8-5-9-14-17/h4-9,11-14,18H,3,10H2,1-2H3,(H,20,21)/q-1/t18-/m0/s1. The molecule has 4 heteroatoms. The number of rotatable bonds is 4. The van der Waals surface area contributed by atoms with Crippen LogP contribution in [0.5, 0.6) is 0 Å². The highest BCUT2D eigenvalue weighted by atomic mass is 16.5. The molecule has 1 heterocycles. The normalized spacial score (nSPS) is 20.1. The minimum atomic E-state index is -1.58. The lowest BCUT2D eigenvalue weighted by molar-refractivity contribution is 0.164. The van der Waals surface area contributed by atoms with Crippen LogP contribution in [0.1, 0.15) is 26.7 Å². The minimum Gasteiger partial charge on any atom is -0.547 e. The molecule has 2 aromatic carbocycles. The molecule has 0 radical (unpaired) electrons. The maximum atomic E-state index is 6.52. The SMILES string of the molecule is CCC[C@H]1NC(C)=N[B-](c2ccccc2)(c2ccccc2)O1. The lowest BCUT2D eigenvalue weighted by Gasteiger charge is -2.47. The molecule has 0 amide bonds. The van der Waals surface area contributed by atoms with Crippen LogP contribution in [0.2, 0.25) is 0 Å². The highest BCUT2D eigenvalue weighted by Crippen LogP contribution is 2.17. The van der Waals surface area contributed by atoms with Crippen molar-refractivity contribution < 1.29 is 4.65 Å². The Balaban J connectivity index is 2.14. The molecule has 1 atom stereocenters. The van der Waals surface area contributed by atoms with Crippen molar-refractivity contribution in [3.05, 3.63) is 60.7 Å². The summed E-state index contributed by atoms with van der Waals surface area (Å²) in [6.45, 7) is 2.61. The lowest BCUT2D eigenvalue weighted by Crippen LogP contribution is -2.66. The summed E-state index contributed by atoms with van der Waals surface area (Å²) in [4.78, 5) is 4.93. The molecule has 1 N–H and O–H groups in total. The zero-order valence-electron chi connectivity index (χ0n) is 13.2. The van der Waals surface area contributed by atoms with Crippen LogP contribution >= 0.6 is 0 Å². The van der Waals surface area contributed by atoms with Gasteiger partial charge in [-0.2, -0.15) is 10.9 Å². The molecule has 0 aromatic heterocycles. The van der Waals surface area contributed by atoms with Crippen LogP contribution in [0, 0.1) is 0 Å². The van der Waals surface area contributed by atoms with Crippen LogP contribution in [-0.2, 0) is 4.65 Å². The number of benzene rings is 2. The van der Waals surface area contributed by atoms with Gasteiger partial charge in [-0.25, -0.2) is 0 Å². The zero-order chi connectivity index (χ0) is 15.4. The number of nitrogens with zero attached hydrogens (tertiary/aromatic N) is 1. The van der Waals surface area contributed by atoms with Gasteiger partial charge in [0, 0.05) is 0 Å². The molecule has 1 aliphatic heterocycles. The maximum Gasteiger partial charge on any atom is 0.285 e. The number of hydrogen-bond donors (Lipinski definition) is 1. The molecule has 0 saturated heterocycles. The Labute approximate surface area is 132 Å². The fourth-order valence-corrected chi connectivity index (χ4v) is 3.17. The Morgan fingerprint density at radius 3 is 2.05 bits per heavy atom. The molecule has 0 aliphatic carbocycles. The van der Waals surface area contributed by atoms with E-state index in [9.17, 15) is 0 Å². The molecule has 22 heavy (non-hydrogen) atoms. The third kappa shape index (κ3) is 2.79. The predicted octanol–water partition coefficient (Wildman–Crippen LogP) is 2.41. The van der Waals surface area contributed by atoms with Gasteiger partial charge < -0.3 is 14.9 Å². The van der Waals surface area contributed by atoms with E-state index in [1.165, 1.54) is 0 Å². The van der Waals surface area contributed by atoms with Crippen LogP contribution in [0.3, 0.4) is 0 Å². The van der Waals surface area contributed by atoms with Gasteiger partial charge in [0.2, 0.25) is 0 Å². The fraction of sp³-hybridized carbons (Fsp3) is 0.278. The summed E-state index contributed by atoms with van der Waals surface area (Å²) in [5.41, 5.74) is 2.24. The van der Waals surface area contributed by atoms with Crippen LogP contribution in [0.4, 0.5) is 0 Å². The second-order valence-corrected chi connectivity index (χ2v) is 5.84. The van der Waals surface area contributed by atoms with E-state index in [1.54, 1.807) is 0 Å². The monoisotopic (exact) mass is 293 g/mol. The fourth-order valence-electron chi connectivity index (χ4n) is 3.17. The van der Waals surface area contributed by atoms with Gasteiger partial charge in [-0.15, -0.1) is 0 Å². The molecule has 0 spiro atoms. The van der Waals surface area contributed by atoms with E-state index in [4.69, 9.17) is 9.56 Å². The van der Waals surface area contributed by atoms with E-state index in [0.29, 0.717) is 0 Å². The molecule has 3 rings (SSSR count). The van der Waals surface area contributed by atoms with Crippen molar-refractivity contribution in [3.8, 4) is 0 Å². The Hall–Kier alpha value is -2.07. The first-order chi connectivity index (χ1) is 10.7.